The second-order valence-corrected chi connectivity index (χ2v) is 8.90. The summed E-state index contributed by atoms with van der Waals surface area (Å²) in [6, 6.07) is 22.0. The summed E-state index contributed by atoms with van der Waals surface area (Å²) in [4.78, 5) is 21.8. The average Bonchev–Trinajstić information content (AvgIpc) is 3.07. The number of H-pyrrole nitrogens is 1. The highest BCUT2D eigenvalue weighted by Crippen LogP contribution is 2.24. The summed E-state index contributed by atoms with van der Waals surface area (Å²) in [5, 5.41) is 1.77. The predicted molar refractivity (Wildman–Crippen MR) is 137 cm³/mol. The number of nitrogens with zero attached hydrogens (tertiary/aromatic N) is 2. The van der Waals surface area contributed by atoms with Crippen molar-refractivity contribution in [2.75, 3.05) is 0 Å². The number of benzene rings is 3. The third-order valence-electron chi connectivity index (χ3n) is 5.46. The average molecular weight is 517 g/mol. The zero-order chi connectivity index (χ0) is 21.5. The molecule has 152 valence electrons. The van der Waals surface area contributed by atoms with Crippen LogP contribution in [-0.2, 0) is 0 Å². The van der Waals surface area contributed by atoms with Crippen LogP contribution in [0.4, 0.5) is 0 Å². The fourth-order valence-electron chi connectivity index (χ4n) is 3.97. The van der Waals surface area contributed by atoms with Crippen molar-refractivity contribution in [3.63, 3.8) is 0 Å². The number of aromatic amines is 1. The maximum Gasteiger partial charge on any atom is 0.266 e. The molecule has 0 aliphatic carbocycles. The second kappa shape index (κ2) is 7.81. The largest absolute Gasteiger partial charge is 0.358 e. The van der Waals surface area contributed by atoms with Gasteiger partial charge in [-0.1, -0.05) is 30.3 Å². The van der Waals surface area contributed by atoms with Crippen molar-refractivity contribution in [1.29, 1.82) is 0 Å². The first-order valence-electron chi connectivity index (χ1n) is 10.1. The van der Waals surface area contributed by atoms with Gasteiger partial charge in [-0.3, -0.25) is 9.36 Å². The first kappa shape index (κ1) is 19.8. The molecule has 2 heterocycles. The first-order chi connectivity index (χ1) is 15.0. The van der Waals surface area contributed by atoms with Gasteiger partial charge in [-0.15, -0.1) is 0 Å². The number of fused-ring (bicyclic) bond motifs is 2. The highest BCUT2D eigenvalue weighted by Gasteiger charge is 2.13. The molecular weight excluding hydrogens is 497 g/mol. The van der Waals surface area contributed by atoms with Gasteiger partial charge in [-0.2, -0.15) is 0 Å². The van der Waals surface area contributed by atoms with Gasteiger partial charge < -0.3 is 4.98 Å². The molecule has 5 aromatic rings. The summed E-state index contributed by atoms with van der Waals surface area (Å²) < 4.78 is 2.71. The van der Waals surface area contributed by atoms with Gasteiger partial charge in [0.05, 0.1) is 16.6 Å². The lowest BCUT2D eigenvalue weighted by Crippen LogP contribution is -2.22. The molecule has 0 unspecified atom stereocenters. The molecule has 1 N–H and O–H groups in total. The van der Waals surface area contributed by atoms with Crippen molar-refractivity contribution < 1.29 is 0 Å². The molecule has 2 aromatic heterocycles. The number of para-hydroxylation sites is 1. The van der Waals surface area contributed by atoms with Crippen LogP contribution in [0.25, 0.3) is 39.6 Å². The summed E-state index contributed by atoms with van der Waals surface area (Å²) in [7, 11) is 0. The Morgan fingerprint density at radius 3 is 2.61 bits per heavy atom. The predicted octanol–water partition coefficient (Wildman–Crippen LogP) is 6.26. The molecule has 0 fully saturated rings. The minimum absolute atomic E-state index is 0.0654. The van der Waals surface area contributed by atoms with E-state index in [1.54, 1.807) is 4.57 Å². The number of hydrogen-bond donors (Lipinski definition) is 1. The fourth-order valence-corrected chi connectivity index (χ4v) is 4.47. The molecule has 0 saturated heterocycles. The molecule has 4 nitrogen and oxygen atoms in total. The van der Waals surface area contributed by atoms with Gasteiger partial charge in [0.25, 0.3) is 5.56 Å². The van der Waals surface area contributed by atoms with E-state index in [4.69, 9.17) is 4.98 Å². The second-order valence-electron chi connectivity index (χ2n) is 7.65. The van der Waals surface area contributed by atoms with Crippen molar-refractivity contribution >= 4 is 56.5 Å². The van der Waals surface area contributed by atoms with Gasteiger partial charge in [-0.25, -0.2) is 4.98 Å². The van der Waals surface area contributed by atoms with Gasteiger partial charge in [0, 0.05) is 25.7 Å². The van der Waals surface area contributed by atoms with Crippen LogP contribution in [0.1, 0.15) is 22.6 Å². The summed E-state index contributed by atoms with van der Waals surface area (Å²) in [6.45, 7) is 4.08. The number of hydrogen-bond acceptors (Lipinski definition) is 2. The minimum atomic E-state index is -0.0654. The smallest absolute Gasteiger partial charge is 0.266 e. The maximum atomic E-state index is 13.5. The van der Waals surface area contributed by atoms with E-state index < -0.39 is 0 Å². The molecule has 0 bridgehead atoms. The normalized spacial score (nSPS) is 11.7. The molecule has 31 heavy (non-hydrogen) atoms. The van der Waals surface area contributed by atoms with E-state index in [1.807, 2.05) is 73.7 Å². The van der Waals surface area contributed by atoms with Crippen LogP contribution in [-0.4, -0.2) is 14.5 Å². The van der Waals surface area contributed by atoms with Crippen LogP contribution in [0.2, 0.25) is 0 Å². The van der Waals surface area contributed by atoms with Gasteiger partial charge in [0.15, 0.2) is 0 Å². The van der Waals surface area contributed by atoms with Crippen LogP contribution < -0.4 is 5.56 Å². The SMILES string of the molecule is Cc1cccc(-n2c(/C=C/c3c(C)[nH]c4ccccc34)nc3ccc(I)cc3c2=O)c1. The molecule has 0 amide bonds. The van der Waals surface area contributed by atoms with Gasteiger partial charge in [0.1, 0.15) is 5.82 Å². The van der Waals surface area contributed by atoms with Crippen molar-refractivity contribution in [3.8, 4) is 5.69 Å². The minimum Gasteiger partial charge on any atom is -0.358 e. The molecular formula is C26H20IN3O. The van der Waals surface area contributed by atoms with Crippen LogP contribution in [0.5, 0.6) is 0 Å². The molecule has 0 spiro atoms. The molecule has 0 atom stereocenters. The lowest BCUT2D eigenvalue weighted by atomic mass is 10.1. The molecule has 0 saturated carbocycles. The Morgan fingerprint density at radius 2 is 1.77 bits per heavy atom. The zero-order valence-electron chi connectivity index (χ0n) is 17.2. The van der Waals surface area contributed by atoms with Crippen LogP contribution in [0.15, 0.2) is 71.5 Å². The standard InChI is InChI=1S/C26H20IN3O/c1-16-6-5-7-19(14-16)30-25(29-24-12-10-18(27)15-22(24)26(30)31)13-11-20-17(2)28-23-9-4-3-8-21(20)23/h3-15,28H,1-2H3/b13-11+. The zero-order valence-corrected chi connectivity index (χ0v) is 19.3. The summed E-state index contributed by atoms with van der Waals surface area (Å²) in [5.41, 5.74) is 5.81. The third kappa shape index (κ3) is 3.59. The molecule has 5 rings (SSSR count). The van der Waals surface area contributed by atoms with E-state index in [9.17, 15) is 4.79 Å². The topological polar surface area (TPSA) is 50.7 Å². The van der Waals surface area contributed by atoms with Crippen LogP contribution in [0, 0.1) is 17.4 Å². The molecule has 0 aliphatic heterocycles. The lowest BCUT2D eigenvalue weighted by Gasteiger charge is -2.12. The van der Waals surface area contributed by atoms with Crippen LogP contribution >= 0.6 is 22.6 Å². The van der Waals surface area contributed by atoms with E-state index in [1.165, 1.54) is 0 Å². The van der Waals surface area contributed by atoms with E-state index >= 15 is 0 Å². The molecule has 3 aromatic carbocycles. The molecule has 0 aliphatic rings. The molecule has 0 radical (unpaired) electrons. The Bertz CT molecular complexity index is 1540. The van der Waals surface area contributed by atoms with Gasteiger partial charge in [-0.05, 0) is 90.6 Å². The number of nitrogens with one attached hydrogen (secondary N) is 1. The first-order valence-corrected chi connectivity index (χ1v) is 11.1. The summed E-state index contributed by atoms with van der Waals surface area (Å²) in [6.07, 6.45) is 3.98. The van der Waals surface area contributed by atoms with Crippen molar-refractivity contribution in [2.45, 2.75) is 13.8 Å². The Kier molecular flexibility index (Phi) is 4.98. The maximum absolute atomic E-state index is 13.5. The number of rotatable bonds is 3. The van der Waals surface area contributed by atoms with Crippen molar-refractivity contribution in [2.24, 2.45) is 0 Å². The fraction of sp³-hybridized carbons (Fsp3) is 0.0769. The Balaban J connectivity index is 1.76. The van der Waals surface area contributed by atoms with E-state index in [0.29, 0.717) is 16.7 Å². The Labute approximate surface area is 193 Å². The van der Waals surface area contributed by atoms with E-state index in [0.717, 1.165) is 37.0 Å². The quantitative estimate of drug-likeness (QED) is 0.288. The van der Waals surface area contributed by atoms with Crippen LogP contribution in [0.3, 0.4) is 0 Å². The number of aryl methyl sites for hydroxylation is 2. The van der Waals surface area contributed by atoms with E-state index in [-0.39, 0.29) is 5.56 Å². The Hall–Kier alpha value is -3.19. The number of halogens is 1. The summed E-state index contributed by atoms with van der Waals surface area (Å²) >= 11 is 2.23. The molecule has 5 heteroatoms. The highest BCUT2D eigenvalue weighted by molar-refractivity contribution is 14.1. The van der Waals surface area contributed by atoms with Gasteiger partial charge in [0.2, 0.25) is 0 Å². The number of aromatic nitrogens is 3. The monoisotopic (exact) mass is 517 g/mol. The van der Waals surface area contributed by atoms with Crippen molar-refractivity contribution in [3.05, 3.63) is 103 Å². The lowest BCUT2D eigenvalue weighted by molar-refractivity contribution is 0.942. The Morgan fingerprint density at radius 1 is 0.935 bits per heavy atom. The van der Waals surface area contributed by atoms with Gasteiger partial charge >= 0.3 is 0 Å². The highest BCUT2D eigenvalue weighted by atomic mass is 127. The van der Waals surface area contributed by atoms with E-state index in [2.05, 4.69) is 46.6 Å². The summed E-state index contributed by atoms with van der Waals surface area (Å²) in [5.74, 6) is 0.606. The van der Waals surface area contributed by atoms with Crippen molar-refractivity contribution in [1.82, 2.24) is 14.5 Å². The third-order valence-corrected chi connectivity index (χ3v) is 6.13.